The first kappa shape index (κ1) is 18.7. The molecule has 124 valence electrons. The second kappa shape index (κ2) is 7.79. The van der Waals surface area contributed by atoms with E-state index in [4.69, 9.17) is 13.9 Å². The molecule has 0 heterocycles. The SMILES string of the molecule is COc1ccc(C=O)cc1OCCCO[Si](C)(C)C(C)(C)C. The molecule has 0 aliphatic carbocycles. The van der Waals surface area contributed by atoms with Gasteiger partial charge >= 0.3 is 0 Å². The summed E-state index contributed by atoms with van der Waals surface area (Å²) < 4.78 is 17.1. The second-order valence-corrected chi connectivity index (χ2v) is 11.6. The van der Waals surface area contributed by atoms with Crippen LogP contribution in [0.3, 0.4) is 0 Å². The molecule has 1 aromatic rings. The maximum Gasteiger partial charge on any atom is 0.191 e. The fourth-order valence-electron chi connectivity index (χ4n) is 1.66. The minimum Gasteiger partial charge on any atom is -0.493 e. The number of aldehydes is 1. The van der Waals surface area contributed by atoms with Crippen LogP contribution in [0.15, 0.2) is 18.2 Å². The van der Waals surface area contributed by atoms with Crippen LogP contribution < -0.4 is 9.47 Å². The van der Waals surface area contributed by atoms with Crippen molar-refractivity contribution in [1.82, 2.24) is 0 Å². The van der Waals surface area contributed by atoms with Crippen LogP contribution in [-0.4, -0.2) is 34.9 Å². The van der Waals surface area contributed by atoms with E-state index in [2.05, 4.69) is 33.9 Å². The first-order valence-corrected chi connectivity index (χ1v) is 10.5. The van der Waals surface area contributed by atoms with Gasteiger partial charge in [-0.25, -0.2) is 0 Å². The van der Waals surface area contributed by atoms with Crippen LogP contribution >= 0.6 is 0 Å². The van der Waals surface area contributed by atoms with Gasteiger partial charge in [0, 0.05) is 18.6 Å². The van der Waals surface area contributed by atoms with Gasteiger partial charge in [-0.05, 0) is 36.3 Å². The molecule has 0 fully saturated rings. The van der Waals surface area contributed by atoms with Crippen LogP contribution in [0.2, 0.25) is 18.1 Å². The molecule has 0 amide bonds. The predicted octanol–water partition coefficient (Wildman–Crippen LogP) is 4.30. The van der Waals surface area contributed by atoms with Crippen LogP contribution in [0.1, 0.15) is 37.6 Å². The first-order valence-electron chi connectivity index (χ1n) is 7.61. The quantitative estimate of drug-likeness (QED) is 0.406. The lowest BCUT2D eigenvalue weighted by atomic mass is 10.2. The van der Waals surface area contributed by atoms with E-state index in [1.54, 1.807) is 25.3 Å². The predicted molar refractivity (Wildman–Crippen MR) is 91.6 cm³/mol. The Kier molecular flexibility index (Phi) is 6.62. The van der Waals surface area contributed by atoms with Gasteiger partial charge in [-0.1, -0.05) is 20.8 Å². The largest absolute Gasteiger partial charge is 0.493 e. The smallest absolute Gasteiger partial charge is 0.191 e. The molecule has 0 aromatic heterocycles. The van der Waals surface area contributed by atoms with Crippen LogP contribution in [0.25, 0.3) is 0 Å². The summed E-state index contributed by atoms with van der Waals surface area (Å²) in [6, 6.07) is 5.14. The van der Waals surface area contributed by atoms with Crippen molar-refractivity contribution in [3.63, 3.8) is 0 Å². The number of carbonyl (C=O) groups is 1. The third kappa shape index (κ3) is 5.14. The number of rotatable bonds is 8. The van der Waals surface area contributed by atoms with E-state index in [0.29, 0.717) is 30.3 Å². The lowest BCUT2D eigenvalue weighted by Crippen LogP contribution is -2.41. The van der Waals surface area contributed by atoms with E-state index in [0.717, 1.165) is 12.7 Å². The monoisotopic (exact) mass is 324 g/mol. The number of hydrogen-bond donors (Lipinski definition) is 0. The van der Waals surface area contributed by atoms with Gasteiger partial charge in [0.1, 0.15) is 6.29 Å². The Morgan fingerprint density at radius 2 is 1.82 bits per heavy atom. The summed E-state index contributed by atoms with van der Waals surface area (Å²) in [7, 11) is -0.107. The van der Waals surface area contributed by atoms with Crippen LogP contribution in [0.4, 0.5) is 0 Å². The Morgan fingerprint density at radius 3 is 2.36 bits per heavy atom. The molecule has 0 atom stereocenters. The van der Waals surface area contributed by atoms with Crippen molar-refractivity contribution in [2.45, 2.75) is 45.3 Å². The third-order valence-electron chi connectivity index (χ3n) is 4.14. The number of hydrogen-bond acceptors (Lipinski definition) is 4. The summed E-state index contributed by atoms with van der Waals surface area (Å²) >= 11 is 0. The molecule has 5 heteroatoms. The number of ether oxygens (including phenoxy) is 2. The lowest BCUT2D eigenvalue weighted by molar-refractivity contribution is 0.112. The highest BCUT2D eigenvalue weighted by molar-refractivity contribution is 6.74. The van der Waals surface area contributed by atoms with Crippen molar-refractivity contribution in [2.75, 3.05) is 20.3 Å². The van der Waals surface area contributed by atoms with E-state index in [1.165, 1.54) is 0 Å². The van der Waals surface area contributed by atoms with Crippen molar-refractivity contribution >= 4 is 14.6 Å². The highest BCUT2D eigenvalue weighted by Crippen LogP contribution is 2.36. The Labute approximate surface area is 134 Å². The van der Waals surface area contributed by atoms with Crippen molar-refractivity contribution in [3.05, 3.63) is 23.8 Å². The first-order chi connectivity index (χ1) is 10.2. The van der Waals surface area contributed by atoms with E-state index >= 15 is 0 Å². The molecule has 0 saturated heterocycles. The van der Waals surface area contributed by atoms with E-state index in [1.807, 2.05) is 0 Å². The van der Waals surface area contributed by atoms with E-state index < -0.39 is 8.32 Å². The van der Waals surface area contributed by atoms with Gasteiger partial charge in [-0.15, -0.1) is 0 Å². The van der Waals surface area contributed by atoms with Crippen molar-refractivity contribution < 1.29 is 18.7 Å². The third-order valence-corrected chi connectivity index (χ3v) is 8.68. The molecule has 0 aliphatic rings. The average Bonchev–Trinajstić information content (AvgIpc) is 2.45. The van der Waals surface area contributed by atoms with Gasteiger partial charge in [0.15, 0.2) is 19.8 Å². The number of carbonyl (C=O) groups excluding carboxylic acids is 1. The molecule has 0 radical (unpaired) electrons. The Hall–Kier alpha value is -1.33. The zero-order valence-electron chi connectivity index (χ0n) is 14.6. The van der Waals surface area contributed by atoms with Crippen molar-refractivity contribution in [2.24, 2.45) is 0 Å². The fourth-order valence-corrected chi connectivity index (χ4v) is 2.75. The minimum absolute atomic E-state index is 0.218. The highest BCUT2D eigenvalue weighted by atomic mass is 28.4. The zero-order valence-corrected chi connectivity index (χ0v) is 15.6. The molecule has 0 bridgehead atoms. The van der Waals surface area contributed by atoms with E-state index in [-0.39, 0.29) is 5.04 Å². The van der Waals surface area contributed by atoms with Crippen LogP contribution in [0.5, 0.6) is 11.5 Å². The van der Waals surface area contributed by atoms with Gasteiger partial charge in [0.2, 0.25) is 0 Å². The van der Waals surface area contributed by atoms with Crippen molar-refractivity contribution in [3.8, 4) is 11.5 Å². The van der Waals surface area contributed by atoms with Crippen LogP contribution in [0, 0.1) is 0 Å². The summed E-state index contributed by atoms with van der Waals surface area (Å²) in [5, 5.41) is 0.218. The molecule has 0 N–H and O–H groups in total. The van der Waals surface area contributed by atoms with E-state index in [9.17, 15) is 4.79 Å². The summed E-state index contributed by atoms with van der Waals surface area (Å²) in [4.78, 5) is 10.8. The molecule has 0 unspecified atom stereocenters. The summed E-state index contributed by atoms with van der Waals surface area (Å²) in [6.07, 6.45) is 1.61. The Morgan fingerprint density at radius 1 is 1.14 bits per heavy atom. The zero-order chi connectivity index (χ0) is 16.8. The molecule has 1 aromatic carbocycles. The number of methoxy groups -OCH3 is 1. The Balaban J connectivity index is 2.47. The molecule has 4 nitrogen and oxygen atoms in total. The fraction of sp³-hybridized carbons (Fsp3) is 0.588. The molecular weight excluding hydrogens is 296 g/mol. The van der Waals surface area contributed by atoms with Gasteiger partial charge < -0.3 is 13.9 Å². The van der Waals surface area contributed by atoms with Gasteiger partial charge in [-0.3, -0.25) is 4.79 Å². The average molecular weight is 324 g/mol. The lowest BCUT2D eigenvalue weighted by Gasteiger charge is -2.36. The molecule has 1 rings (SSSR count). The maximum atomic E-state index is 10.8. The maximum absolute atomic E-state index is 10.8. The summed E-state index contributed by atoms with van der Waals surface area (Å²) in [5.41, 5.74) is 0.577. The normalized spacial score (nSPS) is 12.1. The number of benzene rings is 1. The highest BCUT2D eigenvalue weighted by Gasteiger charge is 2.36. The van der Waals surface area contributed by atoms with Gasteiger partial charge in [-0.2, -0.15) is 0 Å². The summed E-state index contributed by atoms with van der Waals surface area (Å²) in [6.45, 7) is 12.4. The Bertz CT molecular complexity index is 492. The van der Waals surface area contributed by atoms with Crippen LogP contribution in [-0.2, 0) is 4.43 Å². The molecule has 0 spiro atoms. The van der Waals surface area contributed by atoms with Crippen molar-refractivity contribution in [1.29, 1.82) is 0 Å². The molecule has 0 aliphatic heterocycles. The standard InChI is InChI=1S/C17H28O4Si/c1-17(2,3)22(5,6)21-11-7-10-20-16-12-14(13-18)8-9-15(16)19-4/h8-9,12-13H,7,10-11H2,1-6H3. The second-order valence-electron chi connectivity index (χ2n) is 6.84. The van der Waals surface area contributed by atoms with Gasteiger partial charge in [0.25, 0.3) is 0 Å². The summed E-state index contributed by atoms with van der Waals surface area (Å²) in [5.74, 6) is 1.23. The molecule has 0 saturated carbocycles. The topological polar surface area (TPSA) is 44.8 Å². The molecule has 22 heavy (non-hydrogen) atoms. The van der Waals surface area contributed by atoms with Gasteiger partial charge in [0.05, 0.1) is 13.7 Å². The minimum atomic E-state index is -1.69. The molecular formula is C17H28O4Si.